The van der Waals surface area contributed by atoms with Crippen molar-refractivity contribution in [2.75, 3.05) is 32.1 Å². The highest BCUT2D eigenvalue weighted by molar-refractivity contribution is 6.32. The summed E-state index contributed by atoms with van der Waals surface area (Å²) in [6, 6.07) is 9.13. The second kappa shape index (κ2) is 12.6. The number of alkyl halides is 2. The zero-order chi connectivity index (χ0) is 24.4. The SMILES string of the molecule is CCN(CC)C(=O)COc1ccc(NC(=O)/C=C/c2cccc(OC)c2OC(F)F)cc1Cl. The van der Waals surface area contributed by atoms with Gasteiger partial charge in [0, 0.05) is 30.4 Å². The average molecular weight is 483 g/mol. The van der Waals surface area contributed by atoms with Gasteiger partial charge in [0.2, 0.25) is 5.91 Å². The van der Waals surface area contributed by atoms with Crippen LogP contribution in [-0.2, 0) is 9.59 Å². The number of benzene rings is 2. The molecule has 0 aliphatic rings. The molecule has 0 spiro atoms. The van der Waals surface area contributed by atoms with Crippen molar-refractivity contribution >= 4 is 35.2 Å². The number of carbonyl (C=O) groups excluding carboxylic acids is 2. The van der Waals surface area contributed by atoms with Crippen molar-refractivity contribution in [3.8, 4) is 17.2 Å². The molecule has 0 fully saturated rings. The van der Waals surface area contributed by atoms with Crippen molar-refractivity contribution in [3.63, 3.8) is 0 Å². The van der Waals surface area contributed by atoms with E-state index < -0.39 is 12.5 Å². The van der Waals surface area contributed by atoms with Crippen LogP contribution < -0.4 is 19.5 Å². The summed E-state index contributed by atoms with van der Waals surface area (Å²) >= 11 is 6.20. The van der Waals surface area contributed by atoms with Crippen molar-refractivity contribution in [3.05, 3.63) is 53.1 Å². The first kappa shape index (κ1) is 25.9. The fraction of sp³-hybridized carbons (Fsp3) is 0.304. The van der Waals surface area contributed by atoms with Gasteiger partial charge in [-0.15, -0.1) is 0 Å². The predicted octanol–water partition coefficient (Wildman–Crippen LogP) is 4.85. The van der Waals surface area contributed by atoms with Crippen LogP contribution >= 0.6 is 11.6 Å². The quantitative estimate of drug-likeness (QED) is 0.463. The van der Waals surface area contributed by atoms with E-state index in [4.69, 9.17) is 21.1 Å². The molecule has 0 heterocycles. The molecule has 1 N–H and O–H groups in total. The maximum atomic E-state index is 12.7. The Bertz CT molecular complexity index is 997. The summed E-state index contributed by atoms with van der Waals surface area (Å²) < 4.78 is 40.5. The van der Waals surface area contributed by atoms with Crippen LogP contribution in [0.1, 0.15) is 19.4 Å². The molecule has 0 aliphatic heterocycles. The van der Waals surface area contributed by atoms with Gasteiger partial charge in [0.1, 0.15) is 5.75 Å². The zero-order valence-electron chi connectivity index (χ0n) is 18.4. The van der Waals surface area contributed by atoms with E-state index in [1.165, 1.54) is 37.5 Å². The maximum absolute atomic E-state index is 12.7. The lowest BCUT2D eigenvalue weighted by Crippen LogP contribution is -2.34. The number of hydrogen-bond donors (Lipinski definition) is 1. The molecule has 0 saturated heterocycles. The maximum Gasteiger partial charge on any atom is 0.387 e. The summed E-state index contributed by atoms with van der Waals surface area (Å²) in [5.41, 5.74) is 0.621. The lowest BCUT2D eigenvalue weighted by molar-refractivity contribution is -0.133. The van der Waals surface area contributed by atoms with E-state index in [1.807, 2.05) is 13.8 Å². The first-order valence-corrected chi connectivity index (χ1v) is 10.5. The van der Waals surface area contributed by atoms with Crippen LogP contribution in [0.3, 0.4) is 0 Å². The molecule has 0 saturated carbocycles. The van der Waals surface area contributed by atoms with Gasteiger partial charge in [0.05, 0.1) is 12.1 Å². The Morgan fingerprint density at radius 2 is 1.88 bits per heavy atom. The summed E-state index contributed by atoms with van der Waals surface area (Å²) in [6.07, 6.45) is 2.49. The molecule has 0 atom stereocenters. The lowest BCUT2D eigenvalue weighted by Gasteiger charge is -2.19. The number of anilines is 1. The number of nitrogens with one attached hydrogen (secondary N) is 1. The molecule has 2 aromatic rings. The molecule has 0 radical (unpaired) electrons. The van der Waals surface area contributed by atoms with Gasteiger partial charge >= 0.3 is 6.61 Å². The lowest BCUT2D eigenvalue weighted by atomic mass is 10.1. The first-order chi connectivity index (χ1) is 15.8. The van der Waals surface area contributed by atoms with E-state index in [-0.39, 0.29) is 34.6 Å². The van der Waals surface area contributed by atoms with Crippen LogP contribution in [0.5, 0.6) is 17.2 Å². The molecule has 33 heavy (non-hydrogen) atoms. The zero-order valence-corrected chi connectivity index (χ0v) is 19.2. The molecule has 0 unspecified atom stereocenters. The molecular formula is C23H25ClF2N2O5. The van der Waals surface area contributed by atoms with E-state index in [0.717, 1.165) is 6.08 Å². The van der Waals surface area contributed by atoms with E-state index >= 15 is 0 Å². The third kappa shape index (κ3) is 7.64. The van der Waals surface area contributed by atoms with Gasteiger partial charge in [-0.25, -0.2) is 0 Å². The minimum absolute atomic E-state index is 0.111. The smallest absolute Gasteiger partial charge is 0.387 e. The number of hydrogen-bond acceptors (Lipinski definition) is 5. The Morgan fingerprint density at radius 3 is 2.48 bits per heavy atom. The summed E-state index contributed by atoms with van der Waals surface area (Å²) in [5, 5.41) is 2.82. The van der Waals surface area contributed by atoms with Crippen molar-refractivity contribution in [2.24, 2.45) is 0 Å². The van der Waals surface area contributed by atoms with E-state index in [9.17, 15) is 18.4 Å². The molecule has 2 rings (SSSR count). The third-order valence-electron chi connectivity index (χ3n) is 4.52. The van der Waals surface area contributed by atoms with E-state index in [2.05, 4.69) is 10.1 Å². The van der Waals surface area contributed by atoms with Crippen molar-refractivity contribution in [1.82, 2.24) is 4.90 Å². The van der Waals surface area contributed by atoms with Crippen molar-refractivity contribution in [1.29, 1.82) is 0 Å². The van der Waals surface area contributed by atoms with Gasteiger partial charge in [0.25, 0.3) is 5.91 Å². The highest BCUT2D eigenvalue weighted by Gasteiger charge is 2.15. The van der Waals surface area contributed by atoms with Gasteiger partial charge in [-0.3, -0.25) is 9.59 Å². The molecule has 2 aromatic carbocycles. The Hall–Kier alpha value is -3.33. The molecular weight excluding hydrogens is 458 g/mol. The molecule has 0 aromatic heterocycles. The van der Waals surface area contributed by atoms with E-state index in [0.29, 0.717) is 24.5 Å². The minimum Gasteiger partial charge on any atom is -0.493 e. The van der Waals surface area contributed by atoms with Crippen LogP contribution in [0.25, 0.3) is 6.08 Å². The summed E-state index contributed by atoms with van der Waals surface area (Å²) in [7, 11) is 1.32. The molecule has 0 bridgehead atoms. The van der Waals surface area contributed by atoms with Crippen LogP contribution in [0.15, 0.2) is 42.5 Å². The number of likely N-dealkylation sites (N-methyl/N-ethyl adjacent to an activating group) is 1. The highest BCUT2D eigenvalue weighted by atomic mass is 35.5. The second-order valence-electron chi connectivity index (χ2n) is 6.58. The number of rotatable bonds is 11. The number of halogens is 3. The van der Waals surface area contributed by atoms with Crippen LogP contribution in [-0.4, -0.2) is 50.1 Å². The number of nitrogens with zero attached hydrogens (tertiary/aromatic N) is 1. The van der Waals surface area contributed by atoms with Gasteiger partial charge in [-0.1, -0.05) is 23.7 Å². The Balaban J connectivity index is 2.04. The van der Waals surface area contributed by atoms with Crippen molar-refractivity contribution < 1.29 is 32.6 Å². The van der Waals surface area contributed by atoms with Gasteiger partial charge in [0.15, 0.2) is 18.1 Å². The standard InChI is InChI=1S/C23H25ClF2N2O5/c1-4-28(5-2)21(30)14-32-18-11-10-16(13-17(18)24)27-20(29)12-9-15-7-6-8-19(31-3)22(15)33-23(25)26/h6-13,23H,4-5,14H2,1-3H3,(H,27,29)/b12-9+. The minimum atomic E-state index is -3.05. The number of carbonyl (C=O) groups is 2. The molecule has 178 valence electrons. The van der Waals surface area contributed by atoms with E-state index in [1.54, 1.807) is 17.0 Å². The number of amides is 2. The second-order valence-corrected chi connectivity index (χ2v) is 6.99. The predicted molar refractivity (Wildman–Crippen MR) is 122 cm³/mol. The summed E-state index contributed by atoms with van der Waals surface area (Å²) in [6.45, 7) is 1.71. The van der Waals surface area contributed by atoms with Crippen molar-refractivity contribution in [2.45, 2.75) is 20.5 Å². The van der Waals surface area contributed by atoms with Crippen LogP contribution in [0.4, 0.5) is 14.5 Å². The Labute approximate surface area is 195 Å². The molecule has 0 aliphatic carbocycles. The van der Waals surface area contributed by atoms with Crippen LogP contribution in [0, 0.1) is 0 Å². The summed E-state index contributed by atoms with van der Waals surface area (Å²) in [5.74, 6) is -0.452. The monoisotopic (exact) mass is 482 g/mol. The Kier molecular flexibility index (Phi) is 9.93. The Morgan fingerprint density at radius 1 is 1.15 bits per heavy atom. The fourth-order valence-electron chi connectivity index (χ4n) is 2.89. The number of ether oxygens (including phenoxy) is 3. The number of para-hydroxylation sites is 1. The molecule has 2 amide bonds. The average Bonchev–Trinajstić information content (AvgIpc) is 2.78. The molecule has 7 nitrogen and oxygen atoms in total. The van der Waals surface area contributed by atoms with Gasteiger partial charge in [-0.05, 0) is 44.2 Å². The normalized spacial score (nSPS) is 10.9. The highest BCUT2D eigenvalue weighted by Crippen LogP contribution is 2.33. The van der Waals surface area contributed by atoms with Gasteiger partial charge < -0.3 is 24.4 Å². The fourth-order valence-corrected chi connectivity index (χ4v) is 3.13. The molecule has 10 heteroatoms. The summed E-state index contributed by atoms with van der Waals surface area (Å²) in [4.78, 5) is 26.0. The topological polar surface area (TPSA) is 77.1 Å². The van der Waals surface area contributed by atoms with Gasteiger partial charge in [-0.2, -0.15) is 8.78 Å². The first-order valence-electron chi connectivity index (χ1n) is 10.1. The third-order valence-corrected chi connectivity index (χ3v) is 4.81. The number of methoxy groups -OCH3 is 1. The largest absolute Gasteiger partial charge is 0.493 e. The van der Waals surface area contributed by atoms with Crippen LogP contribution in [0.2, 0.25) is 5.02 Å².